The summed E-state index contributed by atoms with van der Waals surface area (Å²) in [6.45, 7) is 3.70. The van der Waals surface area contributed by atoms with Gasteiger partial charge in [-0.2, -0.15) is 0 Å². The molecule has 4 rings (SSSR count). The summed E-state index contributed by atoms with van der Waals surface area (Å²) in [6, 6.07) is 7.39. The number of aromatic nitrogens is 1. The Morgan fingerprint density at radius 3 is 2.81 bits per heavy atom. The molecule has 1 N–H and O–H groups in total. The van der Waals surface area contributed by atoms with Gasteiger partial charge in [0.1, 0.15) is 0 Å². The minimum atomic E-state index is 0.0515. The normalized spacial score (nSPS) is 24.5. The Balaban J connectivity index is 1.71. The van der Waals surface area contributed by atoms with Crippen LogP contribution in [-0.4, -0.2) is 42.0 Å². The smallest absolute Gasteiger partial charge is 0.256 e. The molecule has 0 radical (unpaired) electrons. The predicted octanol–water partition coefficient (Wildman–Crippen LogP) is 2.18. The average molecular weight is 302 g/mol. The lowest BCUT2D eigenvalue weighted by molar-refractivity contribution is 0.0783. The van der Waals surface area contributed by atoms with Gasteiger partial charge in [0.05, 0.1) is 11.1 Å². The molecule has 1 amide bonds. The minimum absolute atomic E-state index is 0.0515. The fourth-order valence-electron chi connectivity index (χ4n) is 3.51. The van der Waals surface area contributed by atoms with Crippen molar-refractivity contribution >= 4 is 28.4 Å². The molecule has 2 aliphatic heterocycles. The number of nitrogens with one attached hydrogen (secondary N) is 1. The predicted molar refractivity (Wildman–Crippen MR) is 82.5 cm³/mol. The maximum atomic E-state index is 12.9. The van der Waals surface area contributed by atoms with Gasteiger partial charge >= 0.3 is 0 Å². The summed E-state index contributed by atoms with van der Waals surface area (Å²) in [6.07, 6.45) is 1.72. The Labute approximate surface area is 128 Å². The van der Waals surface area contributed by atoms with E-state index in [-0.39, 0.29) is 5.91 Å². The highest BCUT2D eigenvalue weighted by Crippen LogP contribution is 2.29. The molecule has 2 atom stereocenters. The molecule has 0 unspecified atom stereocenters. The van der Waals surface area contributed by atoms with E-state index in [1.165, 1.54) is 0 Å². The van der Waals surface area contributed by atoms with Crippen molar-refractivity contribution < 1.29 is 4.79 Å². The highest BCUT2D eigenvalue weighted by Gasteiger charge is 2.38. The standard InChI is InChI=1S/C16H16ClN3O/c17-13-4-10-2-1-3-19-15(10)14(5-13)16(21)20-8-11-6-18-7-12(11)9-20/h1-5,11-12,18H,6-9H2/t11-,12+. The summed E-state index contributed by atoms with van der Waals surface area (Å²) in [5, 5.41) is 4.89. The molecule has 2 aliphatic rings. The zero-order valence-electron chi connectivity index (χ0n) is 11.6. The van der Waals surface area contributed by atoms with Crippen LogP contribution in [0.1, 0.15) is 10.4 Å². The second kappa shape index (κ2) is 4.97. The van der Waals surface area contributed by atoms with E-state index in [1.807, 2.05) is 23.1 Å². The van der Waals surface area contributed by atoms with Crippen molar-refractivity contribution in [2.24, 2.45) is 11.8 Å². The molecule has 0 aliphatic carbocycles. The number of hydrogen-bond acceptors (Lipinski definition) is 3. The molecule has 0 saturated carbocycles. The van der Waals surface area contributed by atoms with E-state index in [0.29, 0.717) is 22.4 Å². The lowest BCUT2D eigenvalue weighted by Gasteiger charge is -2.18. The highest BCUT2D eigenvalue weighted by molar-refractivity contribution is 6.32. The summed E-state index contributed by atoms with van der Waals surface area (Å²) in [5.41, 5.74) is 1.35. The quantitative estimate of drug-likeness (QED) is 0.878. The molecule has 108 valence electrons. The molecule has 1 aromatic carbocycles. The highest BCUT2D eigenvalue weighted by atomic mass is 35.5. The summed E-state index contributed by atoms with van der Waals surface area (Å²) in [5.74, 6) is 1.23. The van der Waals surface area contributed by atoms with Crippen molar-refractivity contribution in [3.63, 3.8) is 0 Å². The van der Waals surface area contributed by atoms with Gasteiger partial charge < -0.3 is 10.2 Å². The van der Waals surface area contributed by atoms with E-state index in [4.69, 9.17) is 11.6 Å². The van der Waals surface area contributed by atoms with E-state index in [9.17, 15) is 4.79 Å². The number of fused-ring (bicyclic) bond motifs is 2. The molecule has 0 bridgehead atoms. The second-order valence-corrected chi connectivity index (χ2v) is 6.35. The van der Waals surface area contributed by atoms with Crippen molar-refractivity contribution in [3.05, 3.63) is 41.0 Å². The molecule has 3 heterocycles. The molecule has 2 fully saturated rings. The number of likely N-dealkylation sites (tertiary alicyclic amines) is 1. The number of carbonyl (C=O) groups excluding carboxylic acids is 1. The van der Waals surface area contributed by atoms with Gasteiger partial charge in [0, 0.05) is 42.8 Å². The van der Waals surface area contributed by atoms with Crippen LogP contribution in [0.15, 0.2) is 30.5 Å². The average Bonchev–Trinajstić information content (AvgIpc) is 3.06. The van der Waals surface area contributed by atoms with E-state index in [1.54, 1.807) is 12.3 Å². The van der Waals surface area contributed by atoms with Crippen molar-refractivity contribution in [2.45, 2.75) is 0 Å². The van der Waals surface area contributed by atoms with Crippen molar-refractivity contribution in [1.82, 2.24) is 15.2 Å². The Morgan fingerprint density at radius 2 is 2.05 bits per heavy atom. The summed E-state index contributed by atoms with van der Waals surface area (Å²) in [4.78, 5) is 19.2. The monoisotopic (exact) mass is 301 g/mol. The first-order chi connectivity index (χ1) is 10.2. The minimum Gasteiger partial charge on any atom is -0.338 e. The number of benzene rings is 1. The molecule has 21 heavy (non-hydrogen) atoms. The Bertz CT molecular complexity index is 706. The Hall–Kier alpha value is -1.65. The second-order valence-electron chi connectivity index (χ2n) is 5.92. The molecule has 1 aromatic heterocycles. The van der Waals surface area contributed by atoms with Gasteiger partial charge in [-0.05, 0) is 30.0 Å². The number of carbonyl (C=O) groups is 1. The third kappa shape index (κ3) is 2.19. The van der Waals surface area contributed by atoms with Crippen molar-refractivity contribution in [2.75, 3.05) is 26.2 Å². The Kier molecular flexibility index (Phi) is 3.08. The zero-order chi connectivity index (χ0) is 14.4. The summed E-state index contributed by atoms with van der Waals surface area (Å²) >= 11 is 6.16. The van der Waals surface area contributed by atoms with Crippen LogP contribution in [0.5, 0.6) is 0 Å². The SMILES string of the molecule is O=C(c1cc(Cl)cc2cccnc12)N1C[C@H]2CNC[C@H]2C1. The van der Waals surface area contributed by atoms with Crippen LogP contribution < -0.4 is 5.32 Å². The third-order valence-corrected chi connectivity index (χ3v) is 4.80. The lowest BCUT2D eigenvalue weighted by atomic mass is 10.0. The topological polar surface area (TPSA) is 45.2 Å². The van der Waals surface area contributed by atoms with E-state index < -0.39 is 0 Å². The number of hydrogen-bond donors (Lipinski definition) is 1. The maximum Gasteiger partial charge on any atom is 0.256 e. The van der Waals surface area contributed by atoms with Gasteiger partial charge in [0.15, 0.2) is 0 Å². The number of rotatable bonds is 1. The van der Waals surface area contributed by atoms with Gasteiger partial charge in [-0.15, -0.1) is 0 Å². The summed E-state index contributed by atoms with van der Waals surface area (Å²) < 4.78 is 0. The van der Waals surface area contributed by atoms with Gasteiger partial charge in [0.2, 0.25) is 0 Å². The first kappa shape index (κ1) is 13.0. The van der Waals surface area contributed by atoms with Crippen LogP contribution in [-0.2, 0) is 0 Å². The van der Waals surface area contributed by atoms with E-state index >= 15 is 0 Å². The molecule has 0 spiro atoms. The number of nitrogens with zero attached hydrogens (tertiary/aromatic N) is 2. The summed E-state index contributed by atoms with van der Waals surface area (Å²) in [7, 11) is 0. The third-order valence-electron chi connectivity index (χ3n) is 4.58. The van der Waals surface area contributed by atoms with E-state index in [0.717, 1.165) is 37.1 Å². The number of amides is 1. The zero-order valence-corrected chi connectivity index (χ0v) is 12.3. The molecule has 4 nitrogen and oxygen atoms in total. The maximum absolute atomic E-state index is 12.9. The number of pyridine rings is 1. The van der Waals surface area contributed by atoms with Crippen LogP contribution in [0.2, 0.25) is 5.02 Å². The van der Waals surface area contributed by atoms with Crippen LogP contribution in [0.25, 0.3) is 10.9 Å². The first-order valence-corrected chi connectivity index (χ1v) is 7.64. The van der Waals surface area contributed by atoms with Crippen LogP contribution in [0.3, 0.4) is 0 Å². The van der Waals surface area contributed by atoms with Crippen LogP contribution in [0, 0.1) is 11.8 Å². The van der Waals surface area contributed by atoms with Gasteiger partial charge in [-0.3, -0.25) is 9.78 Å². The van der Waals surface area contributed by atoms with Crippen LogP contribution >= 0.6 is 11.6 Å². The molecule has 5 heteroatoms. The van der Waals surface area contributed by atoms with E-state index in [2.05, 4.69) is 10.3 Å². The largest absolute Gasteiger partial charge is 0.338 e. The van der Waals surface area contributed by atoms with Crippen LogP contribution in [0.4, 0.5) is 0 Å². The molecular weight excluding hydrogens is 286 g/mol. The Morgan fingerprint density at radius 1 is 1.29 bits per heavy atom. The first-order valence-electron chi connectivity index (χ1n) is 7.26. The number of halogens is 1. The lowest BCUT2D eigenvalue weighted by Crippen LogP contribution is -2.32. The van der Waals surface area contributed by atoms with Gasteiger partial charge in [0.25, 0.3) is 5.91 Å². The van der Waals surface area contributed by atoms with Gasteiger partial charge in [-0.25, -0.2) is 0 Å². The van der Waals surface area contributed by atoms with Gasteiger partial charge in [-0.1, -0.05) is 17.7 Å². The molecule has 2 aromatic rings. The molecule has 2 saturated heterocycles. The van der Waals surface area contributed by atoms with Crippen molar-refractivity contribution in [1.29, 1.82) is 0 Å². The van der Waals surface area contributed by atoms with Crippen molar-refractivity contribution in [3.8, 4) is 0 Å². The fraction of sp³-hybridized carbons (Fsp3) is 0.375. The fourth-order valence-corrected chi connectivity index (χ4v) is 3.74. The molecular formula is C16H16ClN3O.